The summed E-state index contributed by atoms with van der Waals surface area (Å²) >= 11 is 0. The standard InChI is InChI=1S/C27H31FN4O4/c28-11-12-29-22-10-13-31(15-18-4-2-1-3-5-18)17-24(22)36-20-6-7-21-19(14-20)16-32(27(21)35)23-8-9-25(33)30-26(23)34/h1-7,14,22-24,29H,8-13,15-17H2,(H,30,33,34)/t22-,23?,24-/m1/s1. The van der Waals surface area contributed by atoms with Gasteiger partial charge in [0, 0.05) is 50.7 Å². The number of carbonyl (C=O) groups excluding carboxylic acids is 3. The molecule has 9 heteroatoms. The largest absolute Gasteiger partial charge is 0.487 e. The molecule has 2 saturated heterocycles. The third-order valence-corrected chi connectivity index (χ3v) is 7.18. The fourth-order valence-corrected chi connectivity index (χ4v) is 5.36. The molecule has 0 aromatic heterocycles. The number of hydrogen-bond donors (Lipinski definition) is 2. The minimum atomic E-state index is -0.647. The highest BCUT2D eigenvalue weighted by Crippen LogP contribution is 2.31. The first-order valence-electron chi connectivity index (χ1n) is 12.5. The summed E-state index contributed by atoms with van der Waals surface area (Å²) in [5.74, 6) is -0.294. The highest BCUT2D eigenvalue weighted by molar-refractivity contribution is 6.05. The number of nitrogens with one attached hydrogen (secondary N) is 2. The lowest BCUT2D eigenvalue weighted by molar-refractivity contribution is -0.136. The molecule has 8 nitrogen and oxygen atoms in total. The number of carbonyl (C=O) groups is 3. The van der Waals surface area contributed by atoms with Crippen molar-refractivity contribution in [3.63, 3.8) is 0 Å². The maximum absolute atomic E-state index is 13.0. The number of likely N-dealkylation sites (tertiary alicyclic amines) is 1. The first-order chi connectivity index (χ1) is 17.5. The number of alkyl halides is 1. The van der Waals surface area contributed by atoms with Crippen LogP contribution in [0.2, 0.25) is 0 Å². The second-order valence-electron chi connectivity index (χ2n) is 9.63. The molecule has 3 aliphatic heterocycles. The second-order valence-corrected chi connectivity index (χ2v) is 9.63. The van der Waals surface area contributed by atoms with Gasteiger partial charge in [-0.15, -0.1) is 0 Å². The Labute approximate surface area is 209 Å². The van der Waals surface area contributed by atoms with Crippen LogP contribution in [-0.4, -0.2) is 72.0 Å². The second kappa shape index (κ2) is 10.8. The van der Waals surface area contributed by atoms with E-state index in [0.717, 1.165) is 25.1 Å². The Hall–Kier alpha value is -3.30. The fourth-order valence-electron chi connectivity index (χ4n) is 5.36. The predicted molar refractivity (Wildman–Crippen MR) is 131 cm³/mol. The van der Waals surface area contributed by atoms with Crippen LogP contribution in [0, 0.1) is 0 Å². The van der Waals surface area contributed by atoms with Crippen LogP contribution in [0.15, 0.2) is 48.5 Å². The summed E-state index contributed by atoms with van der Waals surface area (Å²) in [5, 5.41) is 5.61. The molecule has 2 fully saturated rings. The van der Waals surface area contributed by atoms with Gasteiger partial charge >= 0.3 is 0 Å². The van der Waals surface area contributed by atoms with E-state index in [1.165, 1.54) is 10.5 Å². The van der Waals surface area contributed by atoms with Crippen molar-refractivity contribution in [1.29, 1.82) is 0 Å². The normalized spacial score (nSPS) is 24.5. The third-order valence-electron chi connectivity index (χ3n) is 7.18. The van der Waals surface area contributed by atoms with Gasteiger partial charge in [-0.25, -0.2) is 4.39 Å². The van der Waals surface area contributed by atoms with Gasteiger partial charge in [0.05, 0.1) is 0 Å². The Balaban J connectivity index is 1.28. The first kappa shape index (κ1) is 24.4. The van der Waals surface area contributed by atoms with Crippen LogP contribution in [0.5, 0.6) is 5.75 Å². The van der Waals surface area contributed by atoms with Crippen molar-refractivity contribution in [1.82, 2.24) is 20.4 Å². The topological polar surface area (TPSA) is 91.0 Å². The van der Waals surface area contributed by atoms with Crippen LogP contribution in [0.3, 0.4) is 0 Å². The van der Waals surface area contributed by atoms with Gasteiger partial charge in [0.1, 0.15) is 24.6 Å². The fraction of sp³-hybridized carbons (Fsp3) is 0.444. The molecule has 5 rings (SSSR count). The van der Waals surface area contributed by atoms with Crippen LogP contribution in [-0.2, 0) is 22.7 Å². The van der Waals surface area contributed by atoms with Crippen molar-refractivity contribution in [3.8, 4) is 5.75 Å². The average molecular weight is 495 g/mol. The van der Waals surface area contributed by atoms with Gasteiger partial charge in [0.25, 0.3) is 5.91 Å². The maximum atomic E-state index is 13.0. The van der Waals surface area contributed by atoms with E-state index in [9.17, 15) is 18.8 Å². The van der Waals surface area contributed by atoms with Gasteiger partial charge < -0.3 is 15.0 Å². The van der Waals surface area contributed by atoms with Gasteiger partial charge in [-0.1, -0.05) is 30.3 Å². The van der Waals surface area contributed by atoms with E-state index in [2.05, 4.69) is 27.7 Å². The van der Waals surface area contributed by atoms with E-state index in [1.54, 1.807) is 12.1 Å². The number of hydrogen-bond acceptors (Lipinski definition) is 6. The van der Waals surface area contributed by atoms with Gasteiger partial charge in [-0.2, -0.15) is 0 Å². The number of halogens is 1. The molecule has 2 aromatic carbocycles. The van der Waals surface area contributed by atoms with E-state index >= 15 is 0 Å². The van der Waals surface area contributed by atoms with Crippen molar-refractivity contribution in [2.45, 2.75) is 50.5 Å². The Kier molecular flexibility index (Phi) is 7.29. The van der Waals surface area contributed by atoms with Crippen molar-refractivity contribution < 1.29 is 23.5 Å². The molecule has 2 aromatic rings. The van der Waals surface area contributed by atoms with Crippen LogP contribution < -0.4 is 15.4 Å². The highest BCUT2D eigenvalue weighted by atomic mass is 19.1. The average Bonchev–Trinajstić information content (AvgIpc) is 3.19. The number of nitrogens with zero attached hydrogens (tertiary/aromatic N) is 2. The third kappa shape index (κ3) is 5.27. The van der Waals surface area contributed by atoms with Crippen molar-refractivity contribution in [2.24, 2.45) is 0 Å². The molecule has 3 aliphatic rings. The van der Waals surface area contributed by atoms with E-state index < -0.39 is 18.6 Å². The molecule has 0 aliphatic carbocycles. The Morgan fingerprint density at radius 2 is 1.92 bits per heavy atom. The lowest BCUT2D eigenvalue weighted by Crippen LogP contribution is -2.55. The zero-order valence-corrected chi connectivity index (χ0v) is 20.1. The molecular weight excluding hydrogens is 463 g/mol. The molecule has 3 amide bonds. The molecule has 2 N–H and O–H groups in total. The van der Waals surface area contributed by atoms with E-state index in [1.807, 2.05) is 24.3 Å². The summed E-state index contributed by atoms with van der Waals surface area (Å²) in [7, 11) is 0. The van der Waals surface area contributed by atoms with Crippen LogP contribution in [0.25, 0.3) is 0 Å². The van der Waals surface area contributed by atoms with E-state index in [0.29, 0.717) is 30.8 Å². The van der Waals surface area contributed by atoms with Crippen molar-refractivity contribution in [3.05, 3.63) is 65.2 Å². The van der Waals surface area contributed by atoms with Gasteiger partial charge in [-0.05, 0) is 42.2 Å². The summed E-state index contributed by atoms with van der Waals surface area (Å²) in [6, 6.07) is 15.0. The van der Waals surface area contributed by atoms with Crippen molar-refractivity contribution in [2.75, 3.05) is 26.3 Å². The summed E-state index contributed by atoms with van der Waals surface area (Å²) in [4.78, 5) is 40.7. The number of imide groups is 1. The zero-order valence-electron chi connectivity index (χ0n) is 20.1. The number of piperidine rings is 2. The molecule has 3 heterocycles. The number of benzene rings is 2. The molecular formula is C27H31FN4O4. The summed E-state index contributed by atoms with van der Waals surface area (Å²) in [6.07, 6.45) is 1.20. The number of rotatable bonds is 8. The molecule has 190 valence electrons. The van der Waals surface area contributed by atoms with Gasteiger partial charge in [0.15, 0.2) is 0 Å². The summed E-state index contributed by atoms with van der Waals surface area (Å²) in [6.45, 7) is 2.54. The molecule has 0 bridgehead atoms. The molecule has 0 spiro atoms. The molecule has 36 heavy (non-hydrogen) atoms. The van der Waals surface area contributed by atoms with Crippen LogP contribution in [0.4, 0.5) is 4.39 Å². The smallest absolute Gasteiger partial charge is 0.255 e. The quantitative estimate of drug-likeness (QED) is 0.546. The lowest BCUT2D eigenvalue weighted by atomic mass is 10.0. The monoisotopic (exact) mass is 494 g/mol. The van der Waals surface area contributed by atoms with Gasteiger partial charge in [-0.3, -0.25) is 24.6 Å². The highest BCUT2D eigenvalue weighted by Gasteiger charge is 2.39. The Morgan fingerprint density at radius 1 is 1.08 bits per heavy atom. The van der Waals surface area contributed by atoms with Crippen LogP contribution in [0.1, 0.15) is 40.7 Å². The van der Waals surface area contributed by atoms with Crippen LogP contribution >= 0.6 is 0 Å². The predicted octanol–water partition coefficient (Wildman–Crippen LogP) is 2.03. The summed E-state index contributed by atoms with van der Waals surface area (Å²) in [5.41, 5.74) is 2.58. The molecule has 0 radical (unpaired) electrons. The number of ether oxygens (including phenoxy) is 1. The van der Waals surface area contributed by atoms with E-state index in [-0.39, 0.29) is 36.9 Å². The Morgan fingerprint density at radius 3 is 2.69 bits per heavy atom. The van der Waals surface area contributed by atoms with Crippen molar-refractivity contribution >= 4 is 17.7 Å². The molecule has 3 atom stereocenters. The molecule has 1 unspecified atom stereocenters. The zero-order chi connectivity index (χ0) is 25.1. The summed E-state index contributed by atoms with van der Waals surface area (Å²) < 4.78 is 19.3. The van der Waals surface area contributed by atoms with E-state index in [4.69, 9.17) is 4.74 Å². The number of amides is 3. The minimum Gasteiger partial charge on any atom is -0.487 e. The first-order valence-corrected chi connectivity index (χ1v) is 12.5. The lowest BCUT2D eigenvalue weighted by Gasteiger charge is -2.39. The number of fused-ring (bicyclic) bond motifs is 1. The molecule has 0 saturated carbocycles. The SMILES string of the molecule is O=C1CCC(N2Cc3cc(O[C@@H]4CN(Cc5ccccc5)CC[C@H]4NCCF)ccc3C2=O)C(=O)N1. The van der Waals surface area contributed by atoms with Gasteiger partial charge in [0.2, 0.25) is 11.8 Å². The Bertz CT molecular complexity index is 1130. The minimum absolute atomic E-state index is 0.0163. The maximum Gasteiger partial charge on any atom is 0.255 e.